The van der Waals surface area contributed by atoms with Gasteiger partial charge in [-0.3, -0.25) is 0 Å². The van der Waals surface area contributed by atoms with Gasteiger partial charge in [-0.25, -0.2) is 0 Å². The van der Waals surface area contributed by atoms with Crippen molar-refractivity contribution in [2.24, 2.45) is 11.8 Å². The van der Waals surface area contributed by atoms with Crippen LogP contribution in [-0.2, 0) is 4.74 Å². The molecule has 2 nitrogen and oxygen atoms in total. The summed E-state index contributed by atoms with van der Waals surface area (Å²) >= 11 is 0. The second-order valence-electron chi connectivity index (χ2n) is 11.6. The van der Waals surface area contributed by atoms with Gasteiger partial charge < -0.3 is 9.47 Å². The first kappa shape index (κ1) is 28.4. The predicted molar refractivity (Wildman–Crippen MR) is 160 cm³/mol. The zero-order valence-electron chi connectivity index (χ0n) is 23.9. The lowest BCUT2D eigenvalue weighted by atomic mass is 9.87. The van der Waals surface area contributed by atoms with E-state index in [9.17, 15) is 0 Å². The predicted octanol–water partition coefficient (Wildman–Crippen LogP) is 10.1. The highest BCUT2D eigenvalue weighted by Gasteiger charge is 2.23. The van der Waals surface area contributed by atoms with Crippen molar-refractivity contribution in [3.63, 3.8) is 0 Å². The van der Waals surface area contributed by atoms with E-state index < -0.39 is 0 Å². The molecule has 3 aromatic rings. The van der Waals surface area contributed by atoms with E-state index in [4.69, 9.17) is 9.47 Å². The molecule has 2 heteroatoms. The van der Waals surface area contributed by atoms with Crippen LogP contribution in [0.1, 0.15) is 107 Å². The van der Waals surface area contributed by atoms with Crippen LogP contribution in [0.15, 0.2) is 84.9 Å². The van der Waals surface area contributed by atoms with Gasteiger partial charge in [0.2, 0.25) is 6.29 Å². The van der Waals surface area contributed by atoms with Gasteiger partial charge in [0.25, 0.3) is 0 Å². The maximum Gasteiger partial charge on any atom is 0.200 e. The molecule has 0 saturated heterocycles. The lowest BCUT2D eigenvalue weighted by molar-refractivity contribution is -0.0903. The van der Waals surface area contributed by atoms with Crippen LogP contribution in [0.5, 0.6) is 5.75 Å². The van der Waals surface area contributed by atoms with Crippen LogP contribution < -0.4 is 4.74 Å². The molecule has 38 heavy (non-hydrogen) atoms. The SMILES string of the molecule is CCC(CC(C)C)c1ccc(OC(CC(c2ccccc2)c2ccccc2)OCCC2CCCCC2)cc1. The number of benzene rings is 3. The third-order valence-electron chi connectivity index (χ3n) is 8.25. The molecule has 0 radical (unpaired) electrons. The molecule has 0 aromatic heterocycles. The molecule has 3 aromatic carbocycles. The summed E-state index contributed by atoms with van der Waals surface area (Å²) in [7, 11) is 0. The minimum atomic E-state index is -0.299. The molecule has 2 atom stereocenters. The molecule has 1 aliphatic rings. The van der Waals surface area contributed by atoms with Crippen molar-refractivity contribution in [1.29, 1.82) is 0 Å². The van der Waals surface area contributed by atoms with Gasteiger partial charge in [-0.15, -0.1) is 0 Å². The Balaban J connectivity index is 1.50. The van der Waals surface area contributed by atoms with Crippen molar-refractivity contribution in [3.05, 3.63) is 102 Å². The first-order valence-electron chi connectivity index (χ1n) is 15.1. The van der Waals surface area contributed by atoms with Crippen LogP contribution in [0.2, 0.25) is 0 Å². The van der Waals surface area contributed by atoms with Gasteiger partial charge in [-0.1, -0.05) is 126 Å². The highest BCUT2D eigenvalue weighted by atomic mass is 16.7. The van der Waals surface area contributed by atoms with Crippen LogP contribution in [0.25, 0.3) is 0 Å². The maximum atomic E-state index is 6.60. The second kappa shape index (κ2) is 15.1. The molecule has 0 amide bonds. The number of hydrogen-bond donors (Lipinski definition) is 0. The molecule has 204 valence electrons. The topological polar surface area (TPSA) is 18.5 Å². The van der Waals surface area contributed by atoms with E-state index in [1.807, 2.05) is 0 Å². The van der Waals surface area contributed by atoms with Gasteiger partial charge in [-0.2, -0.15) is 0 Å². The molecule has 0 spiro atoms. The molecule has 0 heterocycles. The zero-order chi connectivity index (χ0) is 26.6. The molecule has 0 N–H and O–H groups in total. The quantitative estimate of drug-likeness (QED) is 0.200. The van der Waals surface area contributed by atoms with Gasteiger partial charge in [0.1, 0.15) is 5.75 Å². The summed E-state index contributed by atoms with van der Waals surface area (Å²) in [6, 6.07) is 30.4. The molecule has 1 saturated carbocycles. The molecule has 1 aliphatic carbocycles. The minimum Gasteiger partial charge on any atom is -0.465 e. The van der Waals surface area contributed by atoms with Crippen LogP contribution >= 0.6 is 0 Å². The highest BCUT2D eigenvalue weighted by molar-refractivity contribution is 5.33. The summed E-state index contributed by atoms with van der Waals surface area (Å²) in [5.74, 6) is 3.22. The van der Waals surface area contributed by atoms with Crippen molar-refractivity contribution >= 4 is 0 Å². The van der Waals surface area contributed by atoms with Crippen molar-refractivity contribution in [1.82, 2.24) is 0 Å². The summed E-state index contributed by atoms with van der Waals surface area (Å²) in [5.41, 5.74) is 4.02. The molecule has 0 bridgehead atoms. The minimum absolute atomic E-state index is 0.215. The van der Waals surface area contributed by atoms with Crippen molar-refractivity contribution in [2.45, 2.75) is 96.7 Å². The summed E-state index contributed by atoms with van der Waals surface area (Å²) in [6.45, 7) is 7.67. The molecule has 0 aliphatic heterocycles. The van der Waals surface area contributed by atoms with Crippen LogP contribution in [0.4, 0.5) is 0 Å². The average Bonchev–Trinajstić information content (AvgIpc) is 2.96. The number of rotatable bonds is 14. The first-order chi connectivity index (χ1) is 18.6. The second-order valence-corrected chi connectivity index (χ2v) is 11.6. The Hall–Kier alpha value is -2.58. The van der Waals surface area contributed by atoms with Crippen LogP contribution in [0, 0.1) is 11.8 Å². The third kappa shape index (κ3) is 8.73. The lowest BCUT2D eigenvalue weighted by Gasteiger charge is -2.27. The summed E-state index contributed by atoms with van der Waals surface area (Å²) in [4.78, 5) is 0. The monoisotopic (exact) mass is 512 g/mol. The van der Waals surface area contributed by atoms with Gasteiger partial charge >= 0.3 is 0 Å². The summed E-state index contributed by atoms with van der Waals surface area (Å²) in [5, 5.41) is 0. The average molecular weight is 513 g/mol. The van der Waals surface area contributed by atoms with E-state index >= 15 is 0 Å². The van der Waals surface area contributed by atoms with E-state index in [0.717, 1.165) is 31.1 Å². The van der Waals surface area contributed by atoms with Crippen LogP contribution in [-0.4, -0.2) is 12.9 Å². The zero-order valence-corrected chi connectivity index (χ0v) is 23.9. The molecular formula is C36H48O2. The largest absolute Gasteiger partial charge is 0.465 e. The molecule has 1 fully saturated rings. The standard InChI is InChI=1S/C36H48O2/c1-4-30(26-28(2)3)31-20-22-34(23-21-31)38-36(37-25-24-29-14-8-5-9-15-29)27-35(32-16-10-6-11-17-32)33-18-12-7-13-19-33/h6-7,10-13,16-23,28-30,35-36H,4-5,8-9,14-15,24-27H2,1-3H3. The molecule has 2 unspecified atom stereocenters. The lowest BCUT2D eigenvalue weighted by Crippen LogP contribution is -2.25. The van der Waals surface area contributed by atoms with E-state index in [-0.39, 0.29) is 12.2 Å². The normalized spacial score (nSPS) is 16.0. The van der Waals surface area contributed by atoms with Crippen molar-refractivity contribution in [3.8, 4) is 5.75 Å². The molecule has 4 rings (SSSR count). The fourth-order valence-corrected chi connectivity index (χ4v) is 6.10. The first-order valence-corrected chi connectivity index (χ1v) is 15.1. The number of ether oxygens (including phenoxy) is 2. The van der Waals surface area contributed by atoms with Gasteiger partial charge in [0.15, 0.2) is 0 Å². The van der Waals surface area contributed by atoms with Crippen molar-refractivity contribution < 1.29 is 9.47 Å². The Morgan fingerprint density at radius 2 is 1.32 bits per heavy atom. The highest BCUT2D eigenvalue weighted by Crippen LogP contribution is 2.33. The maximum absolute atomic E-state index is 6.60. The van der Waals surface area contributed by atoms with Gasteiger partial charge in [0, 0.05) is 12.3 Å². The Labute approximate surface area is 231 Å². The van der Waals surface area contributed by atoms with Gasteiger partial charge in [0.05, 0.1) is 6.61 Å². The van der Waals surface area contributed by atoms with E-state index in [1.165, 1.54) is 61.6 Å². The van der Waals surface area contributed by atoms with E-state index in [1.54, 1.807) is 0 Å². The Morgan fingerprint density at radius 3 is 1.87 bits per heavy atom. The fourth-order valence-electron chi connectivity index (χ4n) is 6.10. The smallest absolute Gasteiger partial charge is 0.200 e. The van der Waals surface area contributed by atoms with Gasteiger partial charge in [-0.05, 0) is 65.8 Å². The summed E-state index contributed by atoms with van der Waals surface area (Å²) in [6.07, 6.45) is 10.8. The summed E-state index contributed by atoms with van der Waals surface area (Å²) < 4.78 is 13.2. The number of hydrogen-bond acceptors (Lipinski definition) is 2. The Bertz CT molecular complexity index is 982. The molecular weight excluding hydrogens is 464 g/mol. The van der Waals surface area contributed by atoms with E-state index in [2.05, 4.69) is 106 Å². The fraction of sp³-hybridized carbons (Fsp3) is 0.500. The van der Waals surface area contributed by atoms with Crippen LogP contribution in [0.3, 0.4) is 0 Å². The van der Waals surface area contributed by atoms with E-state index in [0.29, 0.717) is 11.8 Å². The third-order valence-corrected chi connectivity index (χ3v) is 8.25. The van der Waals surface area contributed by atoms with Crippen molar-refractivity contribution in [2.75, 3.05) is 6.61 Å². The Kier molecular flexibility index (Phi) is 11.3. The Morgan fingerprint density at radius 1 is 0.711 bits per heavy atom.